The fourth-order valence-corrected chi connectivity index (χ4v) is 2.23. The largest absolute Gasteiger partial charge is 0.396 e. The molecule has 5 heteroatoms. The van der Waals surface area contributed by atoms with Gasteiger partial charge in [0.05, 0.1) is 5.69 Å². The zero-order valence-corrected chi connectivity index (χ0v) is 10.4. The van der Waals surface area contributed by atoms with Crippen LogP contribution in [0.15, 0.2) is 35.3 Å². The molecule has 1 heterocycles. The zero-order valence-electron chi connectivity index (χ0n) is 10.4. The van der Waals surface area contributed by atoms with Crippen LogP contribution >= 0.6 is 0 Å². The molecule has 0 aromatic heterocycles. The molecule has 1 unspecified atom stereocenters. The predicted molar refractivity (Wildman–Crippen MR) is 72.2 cm³/mol. The van der Waals surface area contributed by atoms with Gasteiger partial charge in [-0.3, -0.25) is 5.43 Å². The van der Waals surface area contributed by atoms with Gasteiger partial charge in [0.15, 0.2) is 0 Å². The molecule has 0 aliphatic carbocycles. The Bertz CT molecular complexity index is 393. The van der Waals surface area contributed by atoms with Crippen molar-refractivity contribution in [1.82, 2.24) is 10.3 Å². The molecule has 1 saturated heterocycles. The van der Waals surface area contributed by atoms with Gasteiger partial charge in [-0.2, -0.15) is 0 Å². The number of nitrogens with one attached hydrogen (secondary N) is 1. The minimum Gasteiger partial charge on any atom is -0.396 e. The topological polar surface area (TPSA) is 73.9 Å². The van der Waals surface area contributed by atoms with Crippen molar-refractivity contribution in [2.45, 2.75) is 12.8 Å². The molecule has 1 aromatic rings. The third-order valence-electron chi connectivity index (χ3n) is 3.20. The van der Waals surface area contributed by atoms with E-state index in [1.54, 1.807) is 0 Å². The number of hydrazine groups is 1. The van der Waals surface area contributed by atoms with Gasteiger partial charge in [-0.05, 0) is 30.9 Å². The SMILES string of the molecule is NNC(=Nc1ccccc1)N1CCCC(CO)C1. The number of hydrogen-bond donors (Lipinski definition) is 3. The minimum absolute atomic E-state index is 0.222. The maximum Gasteiger partial charge on any atom is 0.213 e. The van der Waals surface area contributed by atoms with E-state index >= 15 is 0 Å². The normalized spacial score (nSPS) is 20.9. The summed E-state index contributed by atoms with van der Waals surface area (Å²) in [6.07, 6.45) is 2.12. The van der Waals surface area contributed by atoms with E-state index in [4.69, 9.17) is 5.84 Å². The average Bonchev–Trinajstić information content (AvgIpc) is 2.46. The Morgan fingerprint density at radius 3 is 2.89 bits per heavy atom. The first-order chi connectivity index (χ1) is 8.83. The number of aliphatic imine (C=N–C) groups is 1. The minimum atomic E-state index is 0.222. The van der Waals surface area contributed by atoms with E-state index in [2.05, 4.69) is 15.3 Å². The van der Waals surface area contributed by atoms with E-state index in [0.29, 0.717) is 11.9 Å². The Balaban J connectivity index is 2.10. The highest BCUT2D eigenvalue weighted by Gasteiger charge is 2.21. The number of hydrogen-bond acceptors (Lipinski definition) is 3. The van der Waals surface area contributed by atoms with E-state index in [-0.39, 0.29) is 6.61 Å². The summed E-state index contributed by atoms with van der Waals surface area (Å²) in [6.45, 7) is 1.94. The van der Waals surface area contributed by atoms with Crippen LogP contribution in [0.3, 0.4) is 0 Å². The van der Waals surface area contributed by atoms with Gasteiger partial charge in [0.2, 0.25) is 5.96 Å². The summed E-state index contributed by atoms with van der Waals surface area (Å²) in [4.78, 5) is 6.59. The van der Waals surface area contributed by atoms with E-state index in [1.165, 1.54) is 0 Å². The molecule has 0 radical (unpaired) electrons. The number of aliphatic hydroxyl groups is 1. The maximum absolute atomic E-state index is 9.23. The van der Waals surface area contributed by atoms with Gasteiger partial charge in [0.1, 0.15) is 0 Å². The van der Waals surface area contributed by atoms with Crippen molar-refractivity contribution in [2.24, 2.45) is 16.8 Å². The van der Waals surface area contributed by atoms with Crippen LogP contribution in [-0.2, 0) is 0 Å². The molecule has 0 spiro atoms. The molecule has 1 aliphatic rings. The van der Waals surface area contributed by atoms with Crippen molar-refractivity contribution >= 4 is 11.6 Å². The van der Waals surface area contributed by atoms with Gasteiger partial charge in [-0.15, -0.1) is 0 Å². The lowest BCUT2D eigenvalue weighted by atomic mass is 9.99. The molecule has 1 atom stereocenters. The van der Waals surface area contributed by atoms with Gasteiger partial charge in [0.25, 0.3) is 0 Å². The standard InChI is InChI=1S/C13H20N4O/c14-16-13(15-12-6-2-1-3-7-12)17-8-4-5-11(9-17)10-18/h1-3,6-7,11,18H,4-5,8-10,14H2,(H,15,16). The molecule has 1 fully saturated rings. The highest BCUT2D eigenvalue weighted by atomic mass is 16.3. The second kappa shape index (κ2) is 6.37. The number of nitrogens with two attached hydrogens (primary N) is 1. The van der Waals surface area contributed by atoms with E-state index in [9.17, 15) is 5.11 Å². The second-order valence-electron chi connectivity index (χ2n) is 4.55. The number of aliphatic hydroxyl groups excluding tert-OH is 1. The molecule has 98 valence electrons. The number of benzene rings is 1. The van der Waals surface area contributed by atoms with Crippen LogP contribution in [0, 0.1) is 5.92 Å². The van der Waals surface area contributed by atoms with E-state index in [0.717, 1.165) is 31.6 Å². The summed E-state index contributed by atoms with van der Waals surface area (Å²) < 4.78 is 0. The lowest BCUT2D eigenvalue weighted by Crippen LogP contribution is -2.49. The van der Waals surface area contributed by atoms with Crippen LogP contribution in [0.4, 0.5) is 5.69 Å². The van der Waals surface area contributed by atoms with Gasteiger partial charge >= 0.3 is 0 Å². The number of piperidine rings is 1. The number of rotatable bonds is 2. The summed E-state index contributed by atoms with van der Waals surface area (Å²) >= 11 is 0. The Morgan fingerprint density at radius 1 is 1.44 bits per heavy atom. The molecule has 5 nitrogen and oxygen atoms in total. The van der Waals surface area contributed by atoms with Crippen molar-refractivity contribution < 1.29 is 5.11 Å². The number of para-hydroxylation sites is 1. The summed E-state index contributed by atoms with van der Waals surface area (Å²) in [7, 11) is 0. The molecular weight excluding hydrogens is 228 g/mol. The lowest BCUT2D eigenvalue weighted by molar-refractivity contribution is 0.158. The molecular formula is C13H20N4O. The third kappa shape index (κ3) is 3.21. The van der Waals surface area contributed by atoms with Gasteiger partial charge in [-0.1, -0.05) is 18.2 Å². The molecule has 0 amide bonds. The smallest absolute Gasteiger partial charge is 0.213 e. The van der Waals surface area contributed by atoms with Crippen molar-refractivity contribution in [3.63, 3.8) is 0 Å². The average molecular weight is 248 g/mol. The molecule has 0 bridgehead atoms. The summed E-state index contributed by atoms with van der Waals surface area (Å²) in [5.41, 5.74) is 3.53. The van der Waals surface area contributed by atoms with Crippen molar-refractivity contribution in [2.75, 3.05) is 19.7 Å². The summed E-state index contributed by atoms with van der Waals surface area (Å²) in [5, 5.41) is 9.23. The molecule has 0 saturated carbocycles. The second-order valence-corrected chi connectivity index (χ2v) is 4.55. The number of guanidine groups is 1. The molecule has 1 aromatic carbocycles. The van der Waals surface area contributed by atoms with Gasteiger partial charge in [-0.25, -0.2) is 10.8 Å². The molecule has 4 N–H and O–H groups in total. The van der Waals surface area contributed by atoms with Crippen LogP contribution in [-0.4, -0.2) is 35.7 Å². The van der Waals surface area contributed by atoms with Crippen LogP contribution in [0.2, 0.25) is 0 Å². The third-order valence-corrected chi connectivity index (χ3v) is 3.20. The van der Waals surface area contributed by atoms with E-state index in [1.807, 2.05) is 30.3 Å². The van der Waals surface area contributed by atoms with E-state index < -0.39 is 0 Å². The fraction of sp³-hybridized carbons (Fsp3) is 0.462. The summed E-state index contributed by atoms with van der Waals surface area (Å²) in [5.74, 6) is 6.53. The maximum atomic E-state index is 9.23. The first kappa shape index (κ1) is 12.9. The van der Waals surface area contributed by atoms with Gasteiger partial charge in [0, 0.05) is 19.7 Å². The fourth-order valence-electron chi connectivity index (χ4n) is 2.23. The van der Waals surface area contributed by atoms with Crippen LogP contribution in [0.5, 0.6) is 0 Å². The first-order valence-electron chi connectivity index (χ1n) is 6.29. The monoisotopic (exact) mass is 248 g/mol. The quantitative estimate of drug-likeness (QED) is 0.314. The molecule has 1 aliphatic heterocycles. The Morgan fingerprint density at radius 2 is 2.22 bits per heavy atom. The zero-order chi connectivity index (χ0) is 12.8. The molecule has 2 rings (SSSR count). The summed E-state index contributed by atoms with van der Waals surface area (Å²) in [6, 6.07) is 9.71. The van der Waals surface area contributed by atoms with Crippen LogP contribution in [0.1, 0.15) is 12.8 Å². The Kier molecular flexibility index (Phi) is 4.55. The Labute approximate surface area is 107 Å². The first-order valence-corrected chi connectivity index (χ1v) is 6.29. The molecule has 18 heavy (non-hydrogen) atoms. The predicted octanol–water partition coefficient (Wildman–Crippen LogP) is 0.842. The highest BCUT2D eigenvalue weighted by molar-refractivity contribution is 5.82. The van der Waals surface area contributed by atoms with Crippen molar-refractivity contribution in [1.29, 1.82) is 0 Å². The van der Waals surface area contributed by atoms with Crippen LogP contribution < -0.4 is 11.3 Å². The van der Waals surface area contributed by atoms with Crippen molar-refractivity contribution in [3.8, 4) is 0 Å². The number of nitrogens with zero attached hydrogens (tertiary/aromatic N) is 2. The lowest BCUT2D eigenvalue weighted by Gasteiger charge is -2.33. The highest BCUT2D eigenvalue weighted by Crippen LogP contribution is 2.17. The van der Waals surface area contributed by atoms with Gasteiger partial charge < -0.3 is 10.0 Å². The Hall–Kier alpha value is -1.59. The van der Waals surface area contributed by atoms with Crippen LogP contribution in [0.25, 0.3) is 0 Å². The number of likely N-dealkylation sites (tertiary alicyclic amines) is 1. The van der Waals surface area contributed by atoms with Crippen molar-refractivity contribution in [3.05, 3.63) is 30.3 Å².